The Bertz CT molecular complexity index is 1060. The van der Waals surface area contributed by atoms with Gasteiger partial charge >= 0.3 is 0 Å². The van der Waals surface area contributed by atoms with E-state index in [0.29, 0.717) is 23.3 Å². The lowest BCUT2D eigenvalue weighted by atomic mass is 10.1. The topological polar surface area (TPSA) is 85.6 Å². The summed E-state index contributed by atoms with van der Waals surface area (Å²) in [5, 5.41) is 12.2. The molecule has 1 atom stereocenters. The number of aromatic nitrogens is 1. The molecule has 9 heteroatoms. The van der Waals surface area contributed by atoms with Crippen LogP contribution in [0, 0.1) is 17.0 Å². The van der Waals surface area contributed by atoms with Gasteiger partial charge < -0.3 is 4.74 Å². The third-order valence-corrected chi connectivity index (χ3v) is 6.41. The standard InChI is InChI=1S/C20H18ClN3O4S/c1-12-7-8-16(21)18-17(12)22-20(29-18)23(11-15-6-3-9-28-15)19(25)13-4-2-5-14(10-13)24(26)27/h2,4-5,7-8,10,15H,3,6,9,11H2,1H3. The highest BCUT2D eigenvalue weighted by Gasteiger charge is 2.28. The van der Waals surface area contributed by atoms with E-state index in [1.807, 2.05) is 19.1 Å². The number of rotatable bonds is 5. The second kappa shape index (κ2) is 8.06. The van der Waals surface area contributed by atoms with Crippen LogP contribution in [-0.2, 0) is 4.74 Å². The number of amides is 1. The van der Waals surface area contributed by atoms with Gasteiger partial charge in [-0.05, 0) is 37.5 Å². The predicted octanol–water partition coefficient (Wildman–Crippen LogP) is 4.99. The third-order valence-electron chi connectivity index (χ3n) is 4.88. The molecule has 3 aromatic rings. The number of halogens is 1. The molecule has 0 radical (unpaired) electrons. The van der Waals surface area contributed by atoms with Crippen LogP contribution in [0.3, 0.4) is 0 Å². The molecule has 1 aliphatic rings. The molecule has 0 saturated carbocycles. The van der Waals surface area contributed by atoms with Gasteiger partial charge in [-0.25, -0.2) is 4.98 Å². The zero-order chi connectivity index (χ0) is 20.5. The molecule has 2 heterocycles. The van der Waals surface area contributed by atoms with Crippen molar-refractivity contribution >= 4 is 49.9 Å². The Morgan fingerprint density at radius 3 is 2.93 bits per heavy atom. The van der Waals surface area contributed by atoms with Crippen LogP contribution in [-0.4, -0.2) is 35.1 Å². The summed E-state index contributed by atoms with van der Waals surface area (Å²) in [6.45, 7) is 2.93. The van der Waals surface area contributed by atoms with Gasteiger partial charge in [0.1, 0.15) is 0 Å². The van der Waals surface area contributed by atoms with E-state index in [1.54, 1.807) is 11.0 Å². The second-order valence-electron chi connectivity index (χ2n) is 6.90. The fourth-order valence-corrected chi connectivity index (χ4v) is 4.68. The Balaban J connectivity index is 1.76. The summed E-state index contributed by atoms with van der Waals surface area (Å²) >= 11 is 7.67. The summed E-state index contributed by atoms with van der Waals surface area (Å²) in [7, 11) is 0. The lowest BCUT2D eigenvalue weighted by Crippen LogP contribution is -2.37. The molecule has 1 saturated heterocycles. The van der Waals surface area contributed by atoms with E-state index in [-0.39, 0.29) is 23.3 Å². The van der Waals surface area contributed by atoms with Crippen molar-refractivity contribution in [1.82, 2.24) is 4.98 Å². The third kappa shape index (κ3) is 3.96. The molecule has 1 unspecified atom stereocenters. The van der Waals surface area contributed by atoms with Crippen LogP contribution in [0.4, 0.5) is 10.8 Å². The first-order chi connectivity index (χ1) is 13.9. The normalized spacial score (nSPS) is 16.3. The minimum Gasteiger partial charge on any atom is -0.376 e. The van der Waals surface area contributed by atoms with Crippen molar-refractivity contribution in [1.29, 1.82) is 0 Å². The number of carbonyl (C=O) groups excluding carboxylic acids is 1. The summed E-state index contributed by atoms with van der Waals surface area (Å²) in [5.74, 6) is -0.350. The number of hydrogen-bond acceptors (Lipinski definition) is 6. The van der Waals surface area contributed by atoms with E-state index in [0.717, 1.165) is 28.6 Å². The number of nitro groups is 1. The first kappa shape index (κ1) is 19.8. The summed E-state index contributed by atoms with van der Waals surface area (Å²) in [6.07, 6.45) is 1.69. The van der Waals surface area contributed by atoms with Gasteiger partial charge in [-0.1, -0.05) is 35.1 Å². The number of fused-ring (bicyclic) bond motifs is 1. The molecule has 1 aromatic heterocycles. The minimum absolute atomic E-state index is 0.0961. The maximum absolute atomic E-state index is 13.3. The van der Waals surface area contributed by atoms with Crippen LogP contribution < -0.4 is 4.90 Å². The van der Waals surface area contributed by atoms with E-state index >= 15 is 0 Å². The molecule has 0 N–H and O–H groups in total. The Kier molecular flexibility index (Phi) is 5.49. The van der Waals surface area contributed by atoms with E-state index in [4.69, 9.17) is 16.3 Å². The highest BCUT2D eigenvalue weighted by molar-refractivity contribution is 7.23. The van der Waals surface area contributed by atoms with Crippen LogP contribution in [0.5, 0.6) is 0 Å². The van der Waals surface area contributed by atoms with Gasteiger partial charge in [-0.15, -0.1) is 0 Å². The average Bonchev–Trinajstić information content (AvgIpc) is 3.39. The van der Waals surface area contributed by atoms with Crippen LogP contribution in [0.2, 0.25) is 5.02 Å². The Morgan fingerprint density at radius 2 is 2.24 bits per heavy atom. The number of carbonyl (C=O) groups is 1. The van der Waals surface area contributed by atoms with Crippen LogP contribution in [0.1, 0.15) is 28.8 Å². The van der Waals surface area contributed by atoms with Crippen LogP contribution in [0.15, 0.2) is 36.4 Å². The van der Waals surface area contributed by atoms with E-state index < -0.39 is 4.92 Å². The fourth-order valence-electron chi connectivity index (χ4n) is 3.35. The maximum atomic E-state index is 13.3. The number of ether oxygens (including phenoxy) is 1. The van der Waals surface area contributed by atoms with Crippen molar-refractivity contribution in [2.75, 3.05) is 18.1 Å². The number of hydrogen-bond donors (Lipinski definition) is 0. The molecule has 7 nitrogen and oxygen atoms in total. The van der Waals surface area contributed by atoms with Crippen molar-refractivity contribution in [3.8, 4) is 0 Å². The minimum atomic E-state index is -0.512. The van der Waals surface area contributed by atoms with E-state index in [9.17, 15) is 14.9 Å². The largest absolute Gasteiger partial charge is 0.376 e. The van der Waals surface area contributed by atoms with E-state index in [2.05, 4.69) is 4.98 Å². The number of non-ortho nitro benzene ring substituents is 1. The predicted molar refractivity (Wildman–Crippen MR) is 113 cm³/mol. The smallest absolute Gasteiger partial charge is 0.270 e. The number of nitrogens with zero attached hydrogens (tertiary/aromatic N) is 3. The molecule has 1 amide bonds. The first-order valence-corrected chi connectivity index (χ1v) is 10.4. The summed E-state index contributed by atoms with van der Waals surface area (Å²) in [5.41, 5.74) is 1.82. The lowest BCUT2D eigenvalue weighted by molar-refractivity contribution is -0.384. The summed E-state index contributed by atoms with van der Waals surface area (Å²) in [6, 6.07) is 9.44. The second-order valence-corrected chi connectivity index (χ2v) is 8.28. The van der Waals surface area contributed by atoms with Crippen LogP contribution in [0.25, 0.3) is 10.2 Å². The molecule has 2 aromatic carbocycles. The van der Waals surface area contributed by atoms with Crippen molar-refractivity contribution in [2.45, 2.75) is 25.9 Å². The summed E-state index contributed by atoms with van der Waals surface area (Å²) < 4.78 is 6.53. The van der Waals surface area contributed by atoms with Gasteiger partial charge in [0.05, 0.1) is 32.8 Å². The number of thiazole rings is 1. The fraction of sp³-hybridized carbons (Fsp3) is 0.300. The van der Waals surface area contributed by atoms with Gasteiger partial charge in [0.15, 0.2) is 5.13 Å². The number of nitro benzene ring substituents is 1. The van der Waals surface area contributed by atoms with Gasteiger partial charge in [0, 0.05) is 24.3 Å². The number of aryl methyl sites for hydroxylation is 1. The molecular weight excluding hydrogens is 414 g/mol. The van der Waals surface area contributed by atoms with Gasteiger partial charge in [0.2, 0.25) is 0 Å². The Morgan fingerprint density at radius 1 is 1.41 bits per heavy atom. The molecule has 1 aliphatic heterocycles. The van der Waals surface area contributed by atoms with Crippen molar-refractivity contribution in [2.24, 2.45) is 0 Å². The van der Waals surface area contributed by atoms with Crippen molar-refractivity contribution in [3.63, 3.8) is 0 Å². The lowest BCUT2D eigenvalue weighted by Gasteiger charge is -2.23. The van der Waals surface area contributed by atoms with Crippen molar-refractivity contribution in [3.05, 3.63) is 62.7 Å². The zero-order valence-corrected chi connectivity index (χ0v) is 17.2. The zero-order valence-electron chi connectivity index (χ0n) is 15.6. The SMILES string of the molecule is Cc1ccc(Cl)c2sc(N(CC3CCCO3)C(=O)c3cccc([N+](=O)[O-])c3)nc12. The monoisotopic (exact) mass is 431 g/mol. The molecule has 0 aliphatic carbocycles. The molecule has 0 bridgehead atoms. The molecule has 29 heavy (non-hydrogen) atoms. The first-order valence-electron chi connectivity index (χ1n) is 9.17. The molecule has 4 rings (SSSR count). The van der Waals surface area contributed by atoms with Crippen LogP contribution >= 0.6 is 22.9 Å². The quantitative estimate of drug-likeness (QED) is 0.419. The number of benzene rings is 2. The molecule has 1 fully saturated rings. The van der Waals surface area contributed by atoms with Gasteiger partial charge in [0.25, 0.3) is 11.6 Å². The molecule has 150 valence electrons. The van der Waals surface area contributed by atoms with Gasteiger partial charge in [-0.3, -0.25) is 19.8 Å². The van der Waals surface area contributed by atoms with Crippen molar-refractivity contribution < 1.29 is 14.5 Å². The molecular formula is C20H18ClN3O4S. The highest BCUT2D eigenvalue weighted by atomic mass is 35.5. The highest BCUT2D eigenvalue weighted by Crippen LogP contribution is 2.36. The van der Waals surface area contributed by atoms with E-state index in [1.165, 1.54) is 29.5 Å². The van der Waals surface area contributed by atoms with Gasteiger partial charge in [-0.2, -0.15) is 0 Å². The Labute approximate surface area is 176 Å². The number of anilines is 1. The Hall–Kier alpha value is -2.55. The average molecular weight is 432 g/mol. The summed E-state index contributed by atoms with van der Waals surface area (Å²) in [4.78, 5) is 30.2. The molecule has 0 spiro atoms. The maximum Gasteiger partial charge on any atom is 0.270 e.